The number of rotatable bonds is 1. The minimum atomic E-state index is 0.338. The molecule has 1 fully saturated rings. The predicted molar refractivity (Wildman–Crippen MR) is 64.8 cm³/mol. The van der Waals surface area contributed by atoms with Gasteiger partial charge in [-0.1, -0.05) is 12.8 Å². The van der Waals surface area contributed by atoms with Crippen LogP contribution in [0.15, 0.2) is 12.4 Å². The van der Waals surface area contributed by atoms with Crippen LogP contribution >= 0.6 is 11.6 Å². The summed E-state index contributed by atoms with van der Waals surface area (Å²) in [5.74, 6) is 0. The zero-order valence-corrected chi connectivity index (χ0v) is 10.0. The first-order valence-corrected chi connectivity index (χ1v) is 6.13. The van der Waals surface area contributed by atoms with Crippen LogP contribution in [0.4, 0.5) is 0 Å². The zero-order chi connectivity index (χ0) is 11.1. The van der Waals surface area contributed by atoms with Gasteiger partial charge in [-0.3, -0.25) is 0 Å². The molecule has 0 aromatic carbocycles. The van der Waals surface area contributed by atoms with Crippen molar-refractivity contribution in [3.05, 3.63) is 23.2 Å². The molecule has 1 aliphatic rings. The van der Waals surface area contributed by atoms with Crippen molar-refractivity contribution in [3.8, 4) is 0 Å². The van der Waals surface area contributed by atoms with Crippen molar-refractivity contribution in [2.75, 3.05) is 0 Å². The van der Waals surface area contributed by atoms with Gasteiger partial charge in [-0.25, -0.2) is 4.98 Å². The summed E-state index contributed by atoms with van der Waals surface area (Å²) in [6.07, 6.45) is 9.16. The molecule has 0 N–H and O–H groups in total. The molecule has 84 valence electrons. The van der Waals surface area contributed by atoms with Gasteiger partial charge in [0.1, 0.15) is 5.65 Å². The normalized spacial score (nSPS) is 17.4. The van der Waals surface area contributed by atoms with Crippen molar-refractivity contribution in [1.82, 2.24) is 14.5 Å². The number of fused-ring (bicyclic) bond motifs is 1. The van der Waals surface area contributed by atoms with Crippen molar-refractivity contribution < 1.29 is 0 Å². The molecular weight excluding hydrogens is 222 g/mol. The van der Waals surface area contributed by atoms with Crippen LogP contribution in [0.1, 0.15) is 37.3 Å². The molecule has 2 aromatic rings. The molecule has 1 aliphatic carbocycles. The molecule has 0 radical (unpaired) electrons. The largest absolute Gasteiger partial charge is 0.329 e. The summed E-state index contributed by atoms with van der Waals surface area (Å²) in [6, 6.07) is 0.599. The summed E-state index contributed by atoms with van der Waals surface area (Å²) in [6.45, 7) is 2.10. The van der Waals surface area contributed by atoms with Crippen molar-refractivity contribution in [3.63, 3.8) is 0 Å². The molecule has 16 heavy (non-hydrogen) atoms. The lowest BCUT2D eigenvalue weighted by Gasteiger charge is -2.12. The Morgan fingerprint density at radius 1 is 1.38 bits per heavy atom. The van der Waals surface area contributed by atoms with E-state index in [1.165, 1.54) is 31.2 Å². The number of halogens is 1. The molecule has 2 aromatic heterocycles. The van der Waals surface area contributed by atoms with Crippen molar-refractivity contribution in [1.29, 1.82) is 0 Å². The number of aryl methyl sites for hydroxylation is 1. The molecular formula is C12H14ClN3. The van der Waals surface area contributed by atoms with Crippen LogP contribution in [-0.2, 0) is 0 Å². The second-order valence-corrected chi connectivity index (χ2v) is 4.87. The fourth-order valence-corrected chi connectivity index (χ4v) is 2.76. The molecule has 0 aliphatic heterocycles. The highest BCUT2D eigenvalue weighted by atomic mass is 35.5. The standard InChI is InChI=1S/C12H14ClN3/c1-8-7-16(9-4-2-3-5-9)11-10(8)6-14-12(13)15-11/h6-7,9H,2-5H2,1H3. The lowest BCUT2D eigenvalue weighted by molar-refractivity contribution is 0.531. The zero-order valence-electron chi connectivity index (χ0n) is 9.28. The molecule has 0 atom stereocenters. The molecule has 0 unspecified atom stereocenters. The Hall–Kier alpha value is -1.09. The van der Waals surface area contributed by atoms with Crippen LogP contribution in [-0.4, -0.2) is 14.5 Å². The van der Waals surface area contributed by atoms with Crippen LogP contribution < -0.4 is 0 Å². The van der Waals surface area contributed by atoms with Crippen molar-refractivity contribution >= 4 is 22.6 Å². The SMILES string of the molecule is Cc1cn(C2CCCC2)c2nc(Cl)ncc12. The smallest absolute Gasteiger partial charge is 0.224 e. The topological polar surface area (TPSA) is 30.7 Å². The van der Waals surface area contributed by atoms with Gasteiger partial charge in [0.25, 0.3) is 0 Å². The predicted octanol–water partition coefficient (Wildman–Crippen LogP) is 3.51. The van der Waals surface area contributed by atoms with Crippen molar-refractivity contribution in [2.24, 2.45) is 0 Å². The Labute approximate surface area is 99.5 Å². The second-order valence-electron chi connectivity index (χ2n) is 4.53. The van der Waals surface area contributed by atoms with Gasteiger partial charge >= 0.3 is 0 Å². The van der Waals surface area contributed by atoms with Crippen LogP contribution in [0.25, 0.3) is 11.0 Å². The van der Waals surface area contributed by atoms with Crippen LogP contribution in [0.3, 0.4) is 0 Å². The quantitative estimate of drug-likeness (QED) is 0.709. The summed E-state index contributed by atoms with van der Waals surface area (Å²) in [5, 5.41) is 1.46. The van der Waals surface area contributed by atoms with E-state index in [1.54, 1.807) is 0 Å². The Bertz CT molecular complexity index is 526. The molecule has 2 heterocycles. The third-order valence-corrected chi connectivity index (χ3v) is 3.64. The molecule has 0 saturated heterocycles. The van der Waals surface area contributed by atoms with Crippen LogP contribution in [0.5, 0.6) is 0 Å². The maximum Gasteiger partial charge on any atom is 0.224 e. The van der Waals surface area contributed by atoms with Gasteiger partial charge in [-0.15, -0.1) is 0 Å². The summed E-state index contributed by atoms with van der Waals surface area (Å²) in [4.78, 5) is 8.41. The highest BCUT2D eigenvalue weighted by Gasteiger charge is 2.20. The summed E-state index contributed by atoms with van der Waals surface area (Å²) < 4.78 is 2.28. The Morgan fingerprint density at radius 2 is 2.12 bits per heavy atom. The fraction of sp³-hybridized carbons (Fsp3) is 0.500. The second kappa shape index (κ2) is 3.74. The van der Waals surface area contributed by atoms with E-state index >= 15 is 0 Å². The molecule has 0 bridgehead atoms. The van der Waals surface area contributed by atoms with Gasteiger partial charge in [0, 0.05) is 23.8 Å². The number of aromatic nitrogens is 3. The van der Waals surface area contributed by atoms with E-state index in [9.17, 15) is 0 Å². The van der Waals surface area contributed by atoms with Gasteiger partial charge in [0.2, 0.25) is 5.28 Å². The molecule has 3 rings (SSSR count). The third-order valence-electron chi connectivity index (χ3n) is 3.46. The summed E-state index contributed by atoms with van der Waals surface area (Å²) in [7, 11) is 0. The van der Waals surface area contributed by atoms with Gasteiger partial charge in [-0.05, 0) is 36.9 Å². The van der Waals surface area contributed by atoms with Gasteiger partial charge < -0.3 is 4.57 Å². The third kappa shape index (κ3) is 1.50. The first-order chi connectivity index (χ1) is 7.75. The first-order valence-electron chi connectivity index (χ1n) is 5.75. The van der Waals surface area contributed by atoms with Gasteiger partial charge in [-0.2, -0.15) is 4.98 Å². The van der Waals surface area contributed by atoms with Crippen molar-refractivity contribution in [2.45, 2.75) is 38.6 Å². The van der Waals surface area contributed by atoms with E-state index in [4.69, 9.17) is 11.6 Å². The lowest BCUT2D eigenvalue weighted by atomic mass is 10.2. The van der Waals surface area contributed by atoms with E-state index in [2.05, 4.69) is 27.7 Å². The monoisotopic (exact) mass is 235 g/mol. The highest BCUT2D eigenvalue weighted by Crippen LogP contribution is 2.33. The highest BCUT2D eigenvalue weighted by molar-refractivity contribution is 6.28. The van der Waals surface area contributed by atoms with Crippen LogP contribution in [0, 0.1) is 6.92 Å². The summed E-state index contributed by atoms with van der Waals surface area (Å²) in [5.41, 5.74) is 2.22. The Kier molecular flexibility index (Phi) is 2.36. The first kappa shape index (κ1) is 10.1. The lowest BCUT2D eigenvalue weighted by Crippen LogP contribution is -2.03. The maximum atomic E-state index is 5.87. The minimum Gasteiger partial charge on any atom is -0.329 e. The molecule has 1 saturated carbocycles. The number of nitrogens with zero attached hydrogens (tertiary/aromatic N) is 3. The minimum absolute atomic E-state index is 0.338. The Morgan fingerprint density at radius 3 is 2.88 bits per heavy atom. The molecule has 0 spiro atoms. The van der Waals surface area contributed by atoms with E-state index in [-0.39, 0.29) is 0 Å². The molecule has 3 nitrogen and oxygen atoms in total. The van der Waals surface area contributed by atoms with E-state index in [0.717, 1.165) is 11.0 Å². The fourth-order valence-electron chi connectivity index (χ4n) is 2.63. The van der Waals surface area contributed by atoms with E-state index in [1.807, 2.05) is 6.20 Å². The van der Waals surface area contributed by atoms with Crippen LogP contribution in [0.2, 0.25) is 5.28 Å². The summed E-state index contributed by atoms with van der Waals surface area (Å²) >= 11 is 5.87. The van der Waals surface area contributed by atoms with E-state index < -0.39 is 0 Å². The van der Waals surface area contributed by atoms with Gasteiger partial charge in [0.05, 0.1) is 0 Å². The molecule has 4 heteroatoms. The Balaban J connectivity index is 2.19. The number of hydrogen-bond acceptors (Lipinski definition) is 2. The van der Waals surface area contributed by atoms with Gasteiger partial charge in [0.15, 0.2) is 0 Å². The average molecular weight is 236 g/mol. The average Bonchev–Trinajstić information content (AvgIpc) is 2.86. The van der Waals surface area contributed by atoms with E-state index in [0.29, 0.717) is 11.3 Å². The molecule has 0 amide bonds. The number of hydrogen-bond donors (Lipinski definition) is 0. The maximum absolute atomic E-state index is 5.87.